The molecule has 16 rings (SSSR count). The number of ether oxygens (including phenoxy) is 2. The highest BCUT2D eigenvalue weighted by Gasteiger charge is 2.26. The van der Waals surface area contributed by atoms with Gasteiger partial charge in [0.2, 0.25) is 0 Å². The van der Waals surface area contributed by atoms with Gasteiger partial charge < -0.3 is 36.1 Å². The number of aryl methyl sites for hydroxylation is 4. The van der Waals surface area contributed by atoms with Crippen LogP contribution in [0.3, 0.4) is 0 Å². The van der Waals surface area contributed by atoms with Gasteiger partial charge in [0.15, 0.2) is 0 Å². The summed E-state index contributed by atoms with van der Waals surface area (Å²) in [6.07, 6.45) is 26.8. The summed E-state index contributed by atoms with van der Waals surface area (Å²) in [5.74, 6) is 5.45. The van der Waals surface area contributed by atoms with Crippen LogP contribution in [0.5, 0.6) is 5.75 Å². The Hall–Kier alpha value is -12.8. The third-order valence-corrected chi connectivity index (χ3v) is 16.9. The topological polar surface area (TPSA) is 302 Å². The largest absolute Gasteiger partial charge is 0.490 e. The van der Waals surface area contributed by atoms with Gasteiger partial charge in [0.25, 0.3) is 23.6 Å². The lowest BCUT2D eigenvalue weighted by atomic mass is 9.94. The molecule has 1 saturated heterocycles. The molecule has 0 atom stereocenters. The predicted molar refractivity (Wildman–Crippen MR) is 400 cm³/mol. The van der Waals surface area contributed by atoms with E-state index in [1.165, 1.54) is 86.4 Å². The highest BCUT2D eigenvalue weighted by Crippen LogP contribution is 2.41. The van der Waals surface area contributed by atoms with Crippen molar-refractivity contribution >= 4 is 52.6 Å². The van der Waals surface area contributed by atoms with E-state index in [-0.39, 0.29) is 31.1 Å². The molecule has 0 spiro atoms. The van der Waals surface area contributed by atoms with E-state index in [1.807, 2.05) is 60.7 Å². The molecule has 23 heteroatoms. The van der Waals surface area contributed by atoms with Gasteiger partial charge in [-0.25, -0.2) is 59.8 Å². The van der Waals surface area contributed by atoms with E-state index < -0.39 is 0 Å². The summed E-state index contributed by atoms with van der Waals surface area (Å²) in [6.45, 7) is 8.67. The van der Waals surface area contributed by atoms with E-state index >= 15 is 0 Å². The highest BCUT2D eigenvalue weighted by molar-refractivity contribution is 6.05. The average Bonchev–Trinajstić information content (AvgIpc) is 1.57. The summed E-state index contributed by atoms with van der Waals surface area (Å²) in [4.78, 5) is 98.4. The van der Waals surface area contributed by atoms with E-state index in [1.54, 1.807) is 70.7 Å². The molecular formula is C81H77N17O6. The summed E-state index contributed by atoms with van der Waals surface area (Å²) in [5, 5.41) is 14.5. The second kappa shape index (κ2) is 33.6. The van der Waals surface area contributed by atoms with Crippen molar-refractivity contribution in [1.82, 2.24) is 59.8 Å². The predicted octanol–water partition coefficient (Wildman–Crippen LogP) is 15.1. The van der Waals surface area contributed by atoms with Gasteiger partial charge in [-0.05, 0) is 178 Å². The van der Waals surface area contributed by atoms with Crippen LogP contribution >= 0.6 is 0 Å². The summed E-state index contributed by atoms with van der Waals surface area (Å²) in [5.41, 5.74) is 13.8. The number of carbonyl (C=O) groups is 4. The number of anilines is 5. The fraction of sp³-hybridized carbons (Fsp3) is 0.210. The maximum absolute atomic E-state index is 12.2. The molecular weight excluding hydrogens is 1310 g/mol. The zero-order chi connectivity index (χ0) is 71.0. The summed E-state index contributed by atoms with van der Waals surface area (Å²) >= 11 is 0. The standard InChI is InChI=1S/C20H19N5O.2C20H18N4O2.C20H18N4O.CH4/c1-13-21-11-16(12-22-13)20(26)25-19-8-5-15(10-23-19)14-3-2-4-18(9-14)24-17-6-7-17;1-13-21-11-16(12-22-13)20(25)24-19-8-5-15(10-23-19)14-3-2-4-18(9-14)26-17-6-7-17;1-13-21-9-17(10-22-13)20(25)24-19-6-5-16(8-23-19)14-3-2-4-15(7-14)18-11-26-12-18;1-13-21-11-18(12-22-13)20(25)24-19-8-7-17(10-23-19)16-4-2-3-15(9-16)14-5-6-14;/h2-5,8-12,17,24H,6-7H2,1H3,(H,23,25,26);2-5,8-12,17H,6-7H2,1H3,(H,23,24,25);2-10,18H,11-12H2,1H3,(H,23,24,25);2-4,7-12,14H,5-6H2,1H3,(H,23,24,25);1H4. The van der Waals surface area contributed by atoms with Crippen LogP contribution in [-0.2, 0) is 4.74 Å². The molecule has 522 valence electrons. The van der Waals surface area contributed by atoms with Gasteiger partial charge in [0.05, 0.1) is 41.6 Å². The fourth-order valence-corrected chi connectivity index (χ4v) is 10.5. The number of nitrogens with one attached hydrogen (secondary N) is 5. The lowest BCUT2D eigenvalue weighted by molar-refractivity contribution is 0.00844. The van der Waals surface area contributed by atoms with Gasteiger partial charge >= 0.3 is 0 Å². The maximum Gasteiger partial charge on any atom is 0.259 e. The zero-order valence-electron chi connectivity index (χ0n) is 57.1. The number of pyridine rings is 4. The second-order valence-corrected chi connectivity index (χ2v) is 25.2. The summed E-state index contributed by atoms with van der Waals surface area (Å²) in [6, 6.07) is 48.8. The Bertz CT molecular complexity index is 4750. The molecule has 23 nitrogen and oxygen atoms in total. The molecule has 12 aromatic rings. The van der Waals surface area contributed by atoms with Crippen molar-refractivity contribution in [2.24, 2.45) is 0 Å². The SMILES string of the molecule is C.Cc1ncc(C(=O)Nc2ccc(-c3cccc(C4CC4)c3)cn2)cn1.Cc1ncc(C(=O)Nc2ccc(-c3cccc(C4COC4)c3)cn2)cn1.Cc1ncc(C(=O)Nc2ccc(-c3cccc(NC4CC4)c3)cn2)cn1.Cc1ncc(C(=O)Nc2ccc(-c3cccc(OC4CC4)c3)cn2)cn1. The van der Waals surface area contributed by atoms with Crippen molar-refractivity contribution in [2.75, 3.05) is 39.8 Å². The number of amides is 4. The molecule has 3 saturated carbocycles. The van der Waals surface area contributed by atoms with Crippen molar-refractivity contribution in [3.63, 3.8) is 0 Å². The van der Waals surface area contributed by atoms with Crippen molar-refractivity contribution in [1.29, 1.82) is 0 Å². The molecule has 4 fully saturated rings. The molecule has 9 heterocycles. The minimum atomic E-state index is -0.287. The molecule has 104 heavy (non-hydrogen) atoms. The zero-order valence-corrected chi connectivity index (χ0v) is 57.1. The smallest absolute Gasteiger partial charge is 0.259 e. The number of rotatable bonds is 18. The first kappa shape index (κ1) is 71.1. The van der Waals surface area contributed by atoms with Crippen LogP contribution < -0.4 is 31.3 Å². The molecule has 1 aliphatic heterocycles. The van der Waals surface area contributed by atoms with Gasteiger partial charge in [0, 0.05) is 114 Å². The van der Waals surface area contributed by atoms with Gasteiger partial charge in [-0.3, -0.25) is 19.2 Å². The van der Waals surface area contributed by atoms with Crippen LogP contribution in [0.25, 0.3) is 44.5 Å². The van der Waals surface area contributed by atoms with Crippen LogP contribution in [-0.4, -0.2) is 109 Å². The highest BCUT2D eigenvalue weighted by atomic mass is 16.5. The molecule has 5 N–H and O–H groups in total. The van der Waals surface area contributed by atoms with Crippen molar-refractivity contribution in [2.45, 2.75) is 97.6 Å². The van der Waals surface area contributed by atoms with E-state index in [0.717, 1.165) is 87.9 Å². The van der Waals surface area contributed by atoms with Crippen LogP contribution in [0.2, 0.25) is 0 Å². The van der Waals surface area contributed by atoms with Crippen LogP contribution in [0, 0.1) is 27.7 Å². The van der Waals surface area contributed by atoms with Crippen LogP contribution in [0.1, 0.15) is 134 Å². The summed E-state index contributed by atoms with van der Waals surface area (Å²) in [7, 11) is 0. The van der Waals surface area contributed by atoms with Crippen molar-refractivity contribution in [3.8, 4) is 50.3 Å². The van der Waals surface area contributed by atoms with Crippen molar-refractivity contribution in [3.05, 3.63) is 277 Å². The molecule has 0 radical (unpaired) electrons. The third kappa shape index (κ3) is 20.0. The number of hydrogen-bond acceptors (Lipinski definition) is 19. The van der Waals surface area contributed by atoms with Gasteiger partial charge in [0.1, 0.15) is 52.3 Å². The van der Waals surface area contributed by atoms with Gasteiger partial charge in [-0.2, -0.15) is 0 Å². The third-order valence-electron chi connectivity index (χ3n) is 16.9. The van der Waals surface area contributed by atoms with E-state index in [9.17, 15) is 19.2 Å². The molecule has 4 aromatic carbocycles. The van der Waals surface area contributed by atoms with Crippen molar-refractivity contribution < 1.29 is 28.7 Å². The molecule has 0 unspecified atom stereocenters. The first-order valence-electron chi connectivity index (χ1n) is 33.9. The Morgan fingerprint density at radius 2 is 0.683 bits per heavy atom. The minimum absolute atomic E-state index is 0. The average molecular weight is 1380 g/mol. The molecule has 4 aliphatic rings. The van der Waals surface area contributed by atoms with E-state index in [2.05, 4.69) is 153 Å². The Labute approximate surface area is 602 Å². The quantitative estimate of drug-likeness (QED) is 0.0533. The van der Waals surface area contributed by atoms with Crippen LogP contribution in [0.4, 0.5) is 29.0 Å². The van der Waals surface area contributed by atoms with Gasteiger partial charge in [-0.15, -0.1) is 0 Å². The molecule has 0 bridgehead atoms. The molecule has 4 amide bonds. The Balaban J connectivity index is 0.000000130. The lowest BCUT2D eigenvalue weighted by Gasteiger charge is -2.26. The first-order chi connectivity index (χ1) is 50.2. The number of nitrogens with zero attached hydrogens (tertiary/aromatic N) is 12. The molecule has 3 aliphatic carbocycles. The van der Waals surface area contributed by atoms with E-state index in [4.69, 9.17) is 9.47 Å². The molecule has 8 aromatic heterocycles. The van der Waals surface area contributed by atoms with Gasteiger partial charge in [-0.1, -0.05) is 80.2 Å². The van der Waals surface area contributed by atoms with E-state index in [0.29, 0.717) is 86.9 Å². The second-order valence-electron chi connectivity index (χ2n) is 25.2. The number of benzene rings is 4. The number of carbonyl (C=O) groups excluding carboxylic acids is 4. The number of hydrogen-bond donors (Lipinski definition) is 5. The number of aromatic nitrogens is 12. The first-order valence-corrected chi connectivity index (χ1v) is 33.9. The normalized spacial score (nSPS) is 13.3. The Kier molecular flexibility index (Phi) is 23.0. The maximum atomic E-state index is 12.2. The minimum Gasteiger partial charge on any atom is -0.490 e. The van der Waals surface area contributed by atoms with Crippen LogP contribution in [0.15, 0.2) is 220 Å². The fourth-order valence-electron chi connectivity index (χ4n) is 10.5. The Morgan fingerprint density at radius 3 is 1.00 bits per heavy atom. The summed E-state index contributed by atoms with van der Waals surface area (Å²) < 4.78 is 11.1. The monoisotopic (exact) mass is 1380 g/mol. The lowest BCUT2D eigenvalue weighted by Crippen LogP contribution is -2.24. The Morgan fingerprint density at radius 1 is 0.346 bits per heavy atom.